The number of benzene rings is 1. The molecule has 1 aromatic carbocycles. The summed E-state index contributed by atoms with van der Waals surface area (Å²) in [4.78, 5) is 37.1. The molecule has 214 valence electrons. The molecular weight excluding hydrogens is 542 g/mol. The molecule has 3 atom stereocenters. The fourth-order valence-corrected chi connectivity index (χ4v) is 5.66. The van der Waals surface area contributed by atoms with Crippen LogP contribution in [0.4, 0.5) is 29.2 Å². The van der Waals surface area contributed by atoms with Gasteiger partial charge in [0, 0.05) is 54.1 Å². The second-order valence-electron chi connectivity index (χ2n) is 11.1. The fraction of sp³-hybridized carbons (Fsp3) is 0.379. The van der Waals surface area contributed by atoms with E-state index in [0.717, 1.165) is 6.07 Å². The summed E-state index contributed by atoms with van der Waals surface area (Å²) in [6.07, 6.45) is 1.72. The summed E-state index contributed by atoms with van der Waals surface area (Å²) in [5, 5.41) is 12.3. The van der Waals surface area contributed by atoms with E-state index in [0.29, 0.717) is 5.56 Å². The molecule has 0 bridgehead atoms. The van der Waals surface area contributed by atoms with E-state index in [9.17, 15) is 23.5 Å². The van der Waals surface area contributed by atoms with Crippen molar-refractivity contribution in [1.29, 1.82) is 0 Å². The second-order valence-corrected chi connectivity index (χ2v) is 11.1. The average molecular weight is 570 g/mol. The van der Waals surface area contributed by atoms with Crippen LogP contribution in [0.25, 0.3) is 0 Å². The van der Waals surface area contributed by atoms with E-state index in [1.807, 2.05) is 0 Å². The zero-order chi connectivity index (χ0) is 29.2. The summed E-state index contributed by atoms with van der Waals surface area (Å²) >= 11 is 0. The van der Waals surface area contributed by atoms with Crippen molar-refractivity contribution in [1.82, 2.24) is 14.9 Å². The number of anilines is 2. The van der Waals surface area contributed by atoms with Crippen molar-refractivity contribution >= 4 is 23.5 Å². The number of carbonyl (C=O) groups excluding carboxylic acids is 2. The predicted octanol–water partition coefficient (Wildman–Crippen LogP) is 3.64. The maximum Gasteiger partial charge on any atom is 0.261 e. The van der Waals surface area contributed by atoms with Gasteiger partial charge in [0.2, 0.25) is 5.91 Å². The number of aliphatic hydroxyl groups excluding tert-OH is 1. The van der Waals surface area contributed by atoms with E-state index in [1.165, 1.54) is 41.2 Å². The summed E-state index contributed by atoms with van der Waals surface area (Å²) in [6.45, 7) is 2.87. The number of hydrogen-bond acceptors (Lipinski definition) is 6. The highest BCUT2D eigenvalue weighted by atomic mass is 19.1. The Morgan fingerprint density at radius 1 is 1.12 bits per heavy atom. The minimum Gasteiger partial charge on any atom is -0.392 e. The Balaban J connectivity index is 1.39. The van der Waals surface area contributed by atoms with Crippen LogP contribution < -0.4 is 10.2 Å². The second kappa shape index (κ2) is 9.79. The molecule has 6 rings (SSSR count). The van der Waals surface area contributed by atoms with Gasteiger partial charge in [0.05, 0.1) is 24.1 Å². The number of hydrogen-bond donors (Lipinski definition) is 2. The third kappa shape index (κ3) is 4.41. The number of alkyl halides is 1. The number of aliphatic hydroxyl groups is 1. The predicted molar refractivity (Wildman–Crippen MR) is 141 cm³/mol. The molecule has 0 unspecified atom stereocenters. The third-order valence-corrected chi connectivity index (χ3v) is 8.27. The van der Waals surface area contributed by atoms with Crippen molar-refractivity contribution in [2.24, 2.45) is 5.92 Å². The summed E-state index contributed by atoms with van der Waals surface area (Å²) in [6, 6.07) is 5.11. The molecule has 2 aliphatic heterocycles. The zero-order valence-electron chi connectivity index (χ0n) is 22.3. The number of likely N-dealkylation sites (tertiary alicyclic amines) is 1. The lowest BCUT2D eigenvalue weighted by molar-refractivity contribution is -0.136. The fourth-order valence-electron chi connectivity index (χ4n) is 5.66. The van der Waals surface area contributed by atoms with Gasteiger partial charge in [-0.3, -0.25) is 14.5 Å². The number of pyridine rings is 2. The van der Waals surface area contributed by atoms with E-state index in [1.54, 1.807) is 13.0 Å². The molecule has 12 heteroatoms. The van der Waals surface area contributed by atoms with Crippen molar-refractivity contribution in [2.75, 3.05) is 29.9 Å². The van der Waals surface area contributed by atoms with Gasteiger partial charge in [-0.05, 0) is 38.0 Å². The molecule has 0 spiro atoms. The normalized spacial score (nSPS) is 23.7. The van der Waals surface area contributed by atoms with Gasteiger partial charge in [-0.25, -0.2) is 27.5 Å². The Kier molecular flexibility index (Phi) is 6.48. The van der Waals surface area contributed by atoms with Crippen molar-refractivity contribution in [2.45, 2.75) is 44.5 Å². The first kappa shape index (κ1) is 27.1. The Morgan fingerprint density at radius 2 is 1.85 bits per heavy atom. The van der Waals surface area contributed by atoms with Crippen molar-refractivity contribution < 1.29 is 32.3 Å². The van der Waals surface area contributed by atoms with Crippen LogP contribution in [0.5, 0.6) is 0 Å². The molecule has 8 nitrogen and oxygen atoms in total. The number of fused-ring (bicyclic) bond motifs is 1. The maximum absolute atomic E-state index is 16.3. The number of halogens is 4. The minimum absolute atomic E-state index is 0.0104. The summed E-state index contributed by atoms with van der Waals surface area (Å²) in [5.74, 6) is -3.93. The highest BCUT2D eigenvalue weighted by Gasteiger charge is 2.49. The van der Waals surface area contributed by atoms with Crippen LogP contribution in [-0.4, -0.2) is 63.6 Å². The largest absolute Gasteiger partial charge is 0.392 e. The van der Waals surface area contributed by atoms with Gasteiger partial charge in [-0.2, -0.15) is 0 Å². The standard InChI is InChI=1S/C29H27F4N5O3/c1-14-20(30)5-4-19(24(14)32)29(2)13-38(22-6-3-15(12-39)8-34-22)28(41)18-9-35-26(25(33)23(18)29)36-16-10-37(11-16)27(40)17-7-21(17)31/h3-6,8-9,16-17,21,39H,7,10-13H2,1-2H3,(H,35,36)/t17-,21+,29-/m1/s1. The smallest absolute Gasteiger partial charge is 0.261 e. The molecule has 2 fully saturated rings. The summed E-state index contributed by atoms with van der Waals surface area (Å²) in [7, 11) is 0. The molecular formula is C29H27F4N5O3. The molecule has 41 heavy (non-hydrogen) atoms. The van der Waals surface area contributed by atoms with E-state index in [4.69, 9.17) is 0 Å². The number of nitrogens with zero attached hydrogens (tertiary/aromatic N) is 4. The first-order valence-corrected chi connectivity index (χ1v) is 13.2. The van der Waals surface area contributed by atoms with Gasteiger partial charge >= 0.3 is 0 Å². The topological polar surface area (TPSA) is 98.7 Å². The van der Waals surface area contributed by atoms with E-state index in [-0.39, 0.29) is 78.5 Å². The molecule has 2 N–H and O–H groups in total. The molecule has 1 saturated carbocycles. The maximum atomic E-state index is 16.3. The minimum atomic E-state index is -1.49. The van der Waals surface area contributed by atoms with Gasteiger partial charge in [0.25, 0.3) is 5.91 Å². The number of carbonyl (C=O) groups is 2. The first-order chi connectivity index (χ1) is 19.5. The van der Waals surface area contributed by atoms with Crippen LogP contribution in [0.3, 0.4) is 0 Å². The Morgan fingerprint density at radius 3 is 2.49 bits per heavy atom. The van der Waals surface area contributed by atoms with Crippen LogP contribution >= 0.6 is 0 Å². The first-order valence-electron chi connectivity index (χ1n) is 13.2. The van der Waals surface area contributed by atoms with E-state index in [2.05, 4.69) is 15.3 Å². The molecule has 2 amide bonds. The quantitative estimate of drug-likeness (QED) is 0.440. The molecule has 1 saturated heterocycles. The number of rotatable bonds is 6. The van der Waals surface area contributed by atoms with Crippen LogP contribution in [0.15, 0.2) is 36.7 Å². The van der Waals surface area contributed by atoms with Crippen LogP contribution in [0.2, 0.25) is 0 Å². The number of aromatic nitrogens is 2. The van der Waals surface area contributed by atoms with Crippen LogP contribution in [0.1, 0.15) is 46.0 Å². The summed E-state index contributed by atoms with van der Waals surface area (Å²) in [5.41, 5.74) is -1.43. The van der Waals surface area contributed by atoms with Crippen molar-refractivity contribution in [3.05, 3.63) is 81.9 Å². The SMILES string of the molecule is Cc1c(F)ccc([C@@]2(C)CN(c3ccc(CO)cn3)C(=O)c3cnc(NC4CN(C(=O)[C@@H]5C[C@@H]5F)C4)c(F)c32)c1F. The third-order valence-electron chi connectivity index (χ3n) is 8.27. The zero-order valence-corrected chi connectivity index (χ0v) is 22.3. The molecule has 0 radical (unpaired) electrons. The van der Waals surface area contributed by atoms with Crippen molar-refractivity contribution in [3.63, 3.8) is 0 Å². The molecule has 3 aromatic rings. The van der Waals surface area contributed by atoms with Gasteiger partial charge in [-0.15, -0.1) is 0 Å². The Bertz CT molecular complexity index is 1560. The Hall–Kier alpha value is -4.06. The average Bonchev–Trinajstić information content (AvgIpc) is 3.68. The van der Waals surface area contributed by atoms with Crippen LogP contribution in [0, 0.1) is 30.3 Å². The lowest BCUT2D eigenvalue weighted by atomic mass is 9.71. The van der Waals surface area contributed by atoms with Gasteiger partial charge in [-0.1, -0.05) is 12.1 Å². The van der Waals surface area contributed by atoms with Crippen LogP contribution in [-0.2, 0) is 16.8 Å². The molecule has 2 aromatic heterocycles. The van der Waals surface area contributed by atoms with E-state index >= 15 is 8.78 Å². The molecule has 1 aliphatic carbocycles. The van der Waals surface area contributed by atoms with Gasteiger partial charge < -0.3 is 15.3 Å². The van der Waals surface area contributed by atoms with Gasteiger partial charge in [0.1, 0.15) is 23.6 Å². The lowest BCUT2D eigenvalue weighted by Crippen LogP contribution is -2.58. The van der Waals surface area contributed by atoms with Gasteiger partial charge in [0.15, 0.2) is 11.6 Å². The lowest BCUT2D eigenvalue weighted by Gasteiger charge is -2.43. The monoisotopic (exact) mass is 569 g/mol. The molecule has 4 heterocycles. The number of nitrogens with one attached hydrogen (secondary N) is 1. The Labute approximate surface area is 233 Å². The van der Waals surface area contributed by atoms with Crippen molar-refractivity contribution in [3.8, 4) is 0 Å². The highest BCUT2D eigenvalue weighted by Crippen LogP contribution is 2.44. The molecule has 3 aliphatic rings. The highest BCUT2D eigenvalue weighted by molar-refractivity contribution is 6.08. The van der Waals surface area contributed by atoms with E-state index < -0.39 is 40.9 Å². The summed E-state index contributed by atoms with van der Waals surface area (Å²) < 4.78 is 59.5. The number of amides is 2.